The molecule has 6 heteroatoms. The van der Waals surface area contributed by atoms with Crippen molar-refractivity contribution >= 4 is 29.3 Å². The highest BCUT2D eigenvalue weighted by Crippen LogP contribution is 2.20. The summed E-state index contributed by atoms with van der Waals surface area (Å²) in [6.07, 6.45) is 3.69. The van der Waals surface area contributed by atoms with E-state index in [-0.39, 0.29) is 0 Å². The van der Waals surface area contributed by atoms with Gasteiger partial charge in [0.15, 0.2) is 5.82 Å². The Kier molecular flexibility index (Phi) is 3.70. The molecule has 0 saturated carbocycles. The topological polar surface area (TPSA) is 61.8 Å². The number of hydrogen-bond donors (Lipinski definition) is 2. The zero-order valence-corrected chi connectivity index (χ0v) is 12.9. The molecule has 0 aliphatic heterocycles. The second-order valence-corrected chi connectivity index (χ2v) is 5.35. The van der Waals surface area contributed by atoms with E-state index < -0.39 is 0 Å². The van der Waals surface area contributed by atoms with Crippen LogP contribution in [0.4, 0.5) is 0 Å². The first-order valence-electron chi connectivity index (χ1n) is 6.98. The number of hydrogen-bond acceptors (Lipinski definition) is 3. The molecule has 1 aromatic carbocycles. The lowest BCUT2D eigenvalue weighted by Gasteiger charge is -1.98. The predicted molar refractivity (Wildman–Crippen MR) is 87.4 cm³/mol. The van der Waals surface area contributed by atoms with E-state index in [2.05, 4.69) is 39.3 Å². The predicted octanol–water partition coefficient (Wildman–Crippen LogP) is 3.57. The Morgan fingerprint density at radius 3 is 3.00 bits per heavy atom. The number of fused-ring (bicyclic) bond motifs is 1. The second kappa shape index (κ2) is 5.65. The van der Waals surface area contributed by atoms with Crippen molar-refractivity contribution in [3.8, 4) is 0 Å². The quantitative estimate of drug-likeness (QED) is 0.571. The summed E-state index contributed by atoms with van der Waals surface area (Å²) in [7, 11) is 0. The maximum Gasteiger partial charge on any atom is 0.216 e. The van der Waals surface area contributed by atoms with Crippen LogP contribution in [0.25, 0.3) is 10.9 Å². The summed E-state index contributed by atoms with van der Waals surface area (Å²) in [4.78, 5) is 3.36. The van der Waals surface area contributed by atoms with E-state index in [1.807, 2.05) is 25.3 Å². The highest BCUT2D eigenvalue weighted by molar-refractivity contribution is 7.71. The minimum Gasteiger partial charge on any atom is -0.358 e. The summed E-state index contributed by atoms with van der Waals surface area (Å²) >= 11 is 5.23. The van der Waals surface area contributed by atoms with Crippen LogP contribution >= 0.6 is 12.2 Å². The van der Waals surface area contributed by atoms with Gasteiger partial charge in [0.1, 0.15) is 0 Å². The molecule has 0 atom stereocenters. The SMILES string of the molecule is CCCc1n[nH]c(=S)n1/N=C\c1c(C)[nH]c2ccccc12. The van der Waals surface area contributed by atoms with Gasteiger partial charge in [-0.05, 0) is 31.6 Å². The molecule has 0 fully saturated rings. The number of para-hydroxylation sites is 1. The van der Waals surface area contributed by atoms with Gasteiger partial charge in [-0.25, -0.2) is 0 Å². The molecular formula is C15H17N5S. The number of aromatic nitrogens is 4. The first-order chi connectivity index (χ1) is 10.2. The molecule has 0 saturated heterocycles. The van der Waals surface area contributed by atoms with Crippen LogP contribution < -0.4 is 0 Å². The fourth-order valence-corrected chi connectivity index (χ4v) is 2.61. The first kappa shape index (κ1) is 13.8. The molecule has 0 aliphatic carbocycles. The average Bonchev–Trinajstić information content (AvgIpc) is 2.98. The Balaban J connectivity index is 2.04. The Hall–Kier alpha value is -2.21. The van der Waals surface area contributed by atoms with Gasteiger partial charge in [0.25, 0.3) is 0 Å². The zero-order chi connectivity index (χ0) is 14.8. The van der Waals surface area contributed by atoms with Gasteiger partial charge in [-0.15, -0.1) is 0 Å². The van der Waals surface area contributed by atoms with Gasteiger partial charge in [0.2, 0.25) is 4.77 Å². The zero-order valence-electron chi connectivity index (χ0n) is 12.1. The summed E-state index contributed by atoms with van der Waals surface area (Å²) in [6, 6.07) is 8.19. The van der Waals surface area contributed by atoms with Crippen LogP contribution in [-0.4, -0.2) is 26.1 Å². The third kappa shape index (κ3) is 2.54. The molecule has 2 aromatic heterocycles. The normalized spacial score (nSPS) is 11.7. The third-order valence-corrected chi connectivity index (χ3v) is 3.70. The number of aromatic amines is 2. The average molecular weight is 299 g/mol. The van der Waals surface area contributed by atoms with Gasteiger partial charge in [-0.2, -0.15) is 14.9 Å². The third-order valence-electron chi connectivity index (χ3n) is 3.44. The Morgan fingerprint density at radius 2 is 2.19 bits per heavy atom. The smallest absolute Gasteiger partial charge is 0.216 e. The minimum absolute atomic E-state index is 0.521. The first-order valence-corrected chi connectivity index (χ1v) is 7.39. The standard InChI is InChI=1S/C15H17N5S/c1-3-6-14-18-19-15(21)20(14)16-9-12-10(2)17-13-8-5-4-7-11(12)13/h4-5,7-9,17H,3,6H2,1-2H3,(H,19,21)/b16-9-. The number of nitrogens with one attached hydrogen (secondary N) is 2. The largest absolute Gasteiger partial charge is 0.358 e. The van der Waals surface area contributed by atoms with E-state index >= 15 is 0 Å². The maximum absolute atomic E-state index is 5.23. The van der Waals surface area contributed by atoms with Crippen molar-refractivity contribution in [2.45, 2.75) is 26.7 Å². The number of rotatable bonds is 4. The molecule has 2 heterocycles. The van der Waals surface area contributed by atoms with Crippen molar-refractivity contribution in [2.75, 3.05) is 0 Å². The molecule has 3 aromatic rings. The lowest BCUT2D eigenvalue weighted by Crippen LogP contribution is -1.99. The van der Waals surface area contributed by atoms with Crippen LogP contribution in [0.3, 0.4) is 0 Å². The molecule has 0 bridgehead atoms. The van der Waals surface area contributed by atoms with Gasteiger partial charge in [0, 0.05) is 28.6 Å². The maximum atomic E-state index is 5.23. The Morgan fingerprint density at radius 1 is 1.38 bits per heavy atom. The molecule has 0 unspecified atom stereocenters. The van der Waals surface area contributed by atoms with Crippen LogP contribution in [0, 0.1) is 11.7 Å². The summed E-state index contributed by atoms with van der Waals surface area (Å²) in [5.74, 6) is 0.858. The molecule has 0 spiro atoms. The van der Waals surface area contributed by atoms with Crippen LogP contribution in [0.2, 0.25) is 0 Å². The van der Waals surface area contributed by atoms with E-state index in [9.17, 15) is 0 Å². The van der Waals surface area contributed by atoms with Crippen LogP contribution in [-0.2, 0) is 6.42 Å². The van der Waals surface area contributed by atoms with Gasteiger partial charge >= 0.3 is 0 Å². The van der Waals surface area contributed by atoms with Crippen molar-refractivity contribution in [3.05, 3.63) is 46.1 Å². The van der Waals surface area contributed by atoms with Crippen molar-refractivity contribution in [2.24, 2.45) is 5.10 Å². The van der Waals surface area contributed by atoms with E-state index in [1.54, 1.807) is 4.68 Å². The molecule has 5 nitrogen and oxygen atoms in total. The highest BCUT2D eigenvalue weighted by atomic mass is 32.1. The lowest BCUT2D eigenvalue weighted by atomic mass is 10.1. The number of benzene rings is 1. The minimum atomic E-state index is 0.521. The molecule has 2 N–H and O–H groups in total. The Labute approximate surface area is 127 Å². The van der Waals surface area contributed by atoms with Gasteiger partial charge in [-0.1, -0.05) is 25.1 Å². The van der Waals surface area contributed by atoms with E-state index in [1.165, 1.54) is 0 Å². The lowest BCUT2D eigenvalue weighted by molar-refractivity contribution is 0.740. The van der Waals surface area contributed by atoms with Crippen molar-refractivity contribution in [1.29, 1.82) is 0 Å². The summed E-state index contributed by atoms with van der Waals surface area (Å²) in [5, 5.41) is 12.7. The van der Waals surface area contributed by atoms with Gasteiger partial charge < -0.3 is 4.98 Å². The Bertz CT molecular complexity index is 852. The number of nitrogens with zero attached hydrogens (tertiary/aromatic N) is 3. The second-order valence-electron chi connectivity index (χ2n) is 4.96. The highest BCUT2D eigenvalue weighted by Gasteiger charge is 2.07. The van der Waals surface area contributed by atoms with Gasteiger partial charge in [-0.3, -0.25) is 5.10 Å². The summed E-state index contributed by atoms with van der Waals surface area (Å²) < 4.78 is 2.22. The molecule has 21 heavy (non-hydrogen) atoms. The molecular weight excluding hydrogens is 282 g/mol. The van der Waals surface area contributed by atoms with Crippen LogP contribution in [0.15, 0.2) is 29.4 Å². The molecule has 3 rings (SSSR count). The summed E-state index contributed by atoms with van der Waals surface area (Å²) in [6.45, 7) is 4.15. The monoisotopic (exact) mass is 299 g/mol. The number of H-pyrrole nitrogens is 2. The fraction of sp³-hybridized carbons (Fsp3) is 0.267. The summed E-state index contributed by atoms with van der Waals surface area (Å²) in [5.41, 5.74) is 3.28. The number of aryl methyl sites for hydroxylation is 2. The van der Waals surface area contributed by atoms with Crippen molar-refractivity contribution in [3.63, 3.8) is 0 Å². The van der Waals surface area contributed by atoms with Crippen LogP contribution in [0.5, 0.6) is 0 Å². The molecule has 0 aliphatic rings. The molecule has 0 amide bonds. The van der Waals surface area contributed by atoms with Gasteiger partial charge in [0.05, 0.1) is 6.21 Å². The van der Waals surface area contributed by atoms with E-state index in [0.717, 1.165) is 40.8 Å². The van der Waals surface area contributed by atoms with E-state index in [4.69, 9.17) is 12.2 Å². The molecule has 108 valence electrons. The van der Waals surface area contributed by atoms with Crippen LogP contribution in [0.1, 0.15) is 30.4 Å². The van der Waals surface area contributed by atoms with Crippen molar-refractivity contribution in [1.82, 2.24) is 19.9 Å². The molecule has 0 radical (unpaired) electrons. The van der Waals surface area contributed by atoms with Crippen molar-refractivity contribution < 1.29 is 0 Å². The van der Waals surface area contributed by atoms with E-state index in [0.29, 0.717) is 4.77 Å². The fourth-order valence-electron chi connectivity index (χ4n) is 2.41.